The number of ether oxygens (including phenoxy) is 2. The van der Waals surface area contributed by atoms with Crippen LogP contribution in [0.4, 0.5) is 0 Å². The van der Waals surface area contributed by atoms with E-state index in [1.165, 1.54) is 18.3 Å². The van der Waals surface area contributed by atoms with Crippen molar-refractivity contribution >= 4 is 11.9 Å². The number of nitrogens with zero attached hydrogens (tertiary/aromatic N) is 2. The fourth-order valence-electron chi connectivity index (χ4n) is 2.17. The molecule has 0 aliphatic carbocycles. The van der Waals surface area contributed by atoms with Gasteiger partial charge in [-0.15, -0.1) is 0 Å². The topological polar surface area (TPSA) is 89.0 Å². The summed E-state index contributed by atoms with van der Waals surface area (Å²) in [5.74, 6) is -0.794. The standard InChI is InChI=1S/C18H20N2O5/c1-20(12-13-3-5-14(6-4-13)18(22)23)17(21)15-7-8-19-16(11-15)25-10-9-24-2/h3-8,11H,9-10,12H2,1-2H3,(H,22,23). The zero-order chi connectivity index (χ0) is 18.2. The minimum atomic E-state index is -0.978. The zero-order valence-corrected chi connectivity index (χ0v) is 14.1. The van der Waals surface area contributed by atoms with Gasteiger partial charge in [0.05, 0.1) is 12.2 Å². The SMILES string of the molecule is COCCOc1cc(C(=O)N(C)Cc2ccc(C(=O)O)cc2)ccn1. The first-order valence-corrected chi connectivity index (χ1v) is 7.66. The van der Waals surface area contributed by atoms with Crippen LogP contribution in [-0.2, 0) is 11.3 Å². The van der Waals surface area contributed by atoms with Crippen molar-refractivity contribution in [1.82, 2.24) is 9.88 Å². The van der Waals surface area contributed by atoms with Crippen LogP contribution in [-0.4, -0.2) is 54.2 Å². The summed E-state index contributed by atoms with van der Waals surface area (Å²) >= 11 is 0. The van der Waals surface area contributed by atoms with Gasteiger partial charge in [-0.2, -0.15) is 0 Å². The highest BCUT2D eigenvalue weighted by Gasteiger charge is 2.14. The Bertz CT molecular complexity index is 731. The average Bonchev–Trinajstić information content (AvgIpc) is 2.62. The van der Waals surface area contributed by atoms with Crippen molar-refractivity contribution in [3.63, 3.8) is 0 Å². The molecule has 0 radical (unpaired) electrons. The van der Waals surface area contributed by atoms with Crippen LogP contribution in [0.3, 0.4) is 0 Å². The number of hydrogen-bond donors (Lipinski definition) is 1. The van der Waals surface area contributed by atoms with Gasteiger partial charge in [-0.05, 0) is 23.8 Å². The predicted molar refractivity (Wildman–Crippen MR) is 90.8 cm³/mol. The maximum atomic E-state index is 12.5. The van der Waals surface area contributed by atoms with Crippen LogP contribution in [0.2, 0.25) is 0 Å². The number of rotatable bonds is 8. The normalized spacial score (nSPS) is 10.3. The van der Waals surface area contributed by atoms with Gasteiger partial charge in [0.2, 0.25) is 5.88 Å². The number of hydrogen-bond acceptors (Lipinski definition) is 5. The molecule has 0 atom stereocenters. The van der Waals surface area contributed by atoms with Crippen molar-refractivity contribution in [2.24, 2.45) is 0 Å². The van der Waals surface area contributed by atoms with E-state index in [9.17, 15) is 9.59 Å². The highest BCUT2D eigenvalue weighted by molar-refractivity contribution is 5.94. The quantitative estimate of drug-likeness (QED) is 0.738. The highest BCUT2D eigenvalue weighted by Crippen LogP contribution is 2.13. The molecule has 1 N–H and O–H groups in total. The predicted octanol–water partition coefficient (Wildman–Crippen LogP) is 2.08. The molecule has 25 heavy (non-hydrogen) atoms. The van der Waals surface area contributed by atoms with Crippen molar-refractivity contribution in [2.45, 2.75) is 6.54 Å². The fourth-order valence-corrected chi connectivity index (χ4v) is 2.17. The summed E-state index contributed by atoms with van der Waals surface area (Å²) in [6.45, 7) is 1.15. The molecule has 7 nitrogen and oxygen atoms in total. The van der Waals surface area contributed by atoms with E-state index in [4.69, 9.17) is 14.6 Å². The molecule has 0 spiro atoms. The van der Waals surface area contributed by atoms with Gasteiger partial charge in [-0.1, -0.05) is 12.1 Å². The fraction of sp³-hybridized carbons (Fsp3) is 0.278. The first-order chi connectivity index (χ1) is 12.0. The molecule has 1 aromatic heterocycles. The van der Waals surface area contributed by atoms with Crippen LogP contribution in [0.25, 0.3) is 0 Å². The second kappa shape index (κ2) is 8.79. The number of aromatic carboxylic acids is 1. The Balaban J connectivity index is 2.01. The first kappa shape index (κ1) is 18.4. The summed E-state index contributed by atoms with van der Waals surface area (Å²) in [5, 5.41) is 8.91. The molecule has 0 bridgehead atoms. The number of carboxylic acid groups (broad SMARTS) is 1. The summed E-state index contributed by atoms with van der Waals surface area (Å²) < 4.78 is 10.3. The molecule has 2 aromatic rings. The molecule has 0 unspecified atom stereocenters. The van der Waals surface area contributed by atoms with Crippen molar-refractivity contribution in [1.29, 1.82) is 0 Å². The molecular formula is C18H20N2O5. The zero-order valence-electron chi connectivity index (χ0n) is 14.1. The number of carbonyl (C=O) groups excluding carboxylic acids is 1. The van der Waals surface area contributed by atoms with E-state index in [0.29, 0.717) is 31.2 Å². The van der Waals surface area contributed by atoms with E-state index < -0.39 is 5.97 Å². The van der Waals surface area contributed by atoms with Crippen LogP contribution < -0.4 is 4.74 Å². The van der Waals surface area contributed by atoms with Crippen molar-refractivity contribution in [2.75, 3.05) is 27.4 Å². The van der Waals surface area contributed by atoms with Gasteiger partial charge in [0.25, 0.3) is 5.91 Å². The third-order valence-electron chi connectivity index (χ3n) is 3.49. The van der Waals surface area contributed by atoms with Crippen LogP contribution in [0.1, 0.15) is 26.3 Å². The van der Waals surface area contributed by atoms with Crippen LogP contribution in [0.15, 0.2) is 42.6 Å². The number of amides is 1. The maximum absolute atomic E-state index is 12.5. The summed E-state index contributed by atoms with van der Waals surface area (Å²) in [7, 11) is 3.26. The van der Waals surface area contributed by atoms with Crippen LogP contribution >= 0.6 is 0 Å². The Kier molecular flexibility index (Phi) is 6.47. The first-order valence-electron chi connectivity index (χ1n) is 7.66. The van der Waals surface area contributed by atoms with Crippen molar-refractivity contribution in [3.05, 3.63) is 59.3 Å². The van der Waals surface area contributed by atoms with Gasteiger partial charge < -0.3 is 19.5 Å². The van der Waals surface area contributed by atoms with E-state index in [1.54, 1.807) is 43.3 Å². The molecule has 0 fully saturated rings. The lowest BCUT2D eigenvalue weighted by Crippen LogP contribution is -2.26. The minimum Gasteiger partial charge on any atom is -0.478 e. The molecule has 132 valence electrons. The molecule has 7 heteroatoms. The second-order valence-corrected chi connectivity index (χ2v) is 5.39. The lowest BCUT2D eigenvalue weighted by atomic mass is 10.1. The van der Waals surface area contributed by atoms with E-state index in [0.717, 1.165) is 5.56 Å². The molecule has 0 saturated heterocycles. The molecule has 0 aliphatic heterocycles. The Labute approximate surface area is 145 Å². The Morgan fingerprint density at radius 2 is 1.84 bits per heavy atom. The number of carbonyl (C=O) groups is 2. The number of methoxy groups -OCH3 is 1. The van der Waals surface area contributed by atoms with E-state index in [2.05, 4.69) is 4.98 Å². The molecule has 0 aliphatic rings. The number of aromatic nitrogens is 1. The molecule has 2 rings (SSSR count). The summed E-state index contributed by atoms with van der Waals surface area (Å²) in [4.78, 5) is 29.0. The highest BCUT2D eigenvalue weighted by atomic mass is 16.5. The van der Waals surface area contributed by atoms with E-state index in [1.807, 2.05) is 0 Å². The second-order valence-electron chi connectivity index (χ2n) is 5.39. The van der Waals surface area contributed by atoms with Gasteiger partial charge in [-0.25, -0.2) is 9.78 Å². The molecule has 1 heterocycles. The van der Waals surface area contributed by atoms with Gasteiger partial charge >= 0.3 is 5.97 Å². The minimum absolute atomic E-state index is 0.179. The number of pyridine rings is 1. The Hall–Kier alpha value is -2.93. The molecule has 1 aromatic carbocycles. The van der Waals surface area contributed by atoms with Gasteiger partial charge in [0, 0.05) is 38.5 Å². The summed E-state index contributed by atoms with van der Waals surface area (Å²) in [6, 6.07) is 9.63. The number of benzene rings is 1. The third-order valence-corrected chi connectivity index (χ3v) is 3.49. The van der Waals surface area contributed by atoms with Gasteiger partial charge in [-0.3, -0.25) is 4.79 Å². The van der Waals surface area contributed by atoms with Crippen LogP contribution in [0.5, 0.6) is 5.88 Å². The molecular weight excluding hydrogens is 324 g/mol. The Morgan fingerprint density at radius 3 is 2.48 bits per heavy atom. The monoisotopic (exact) mass is 344 g/mol. The largest absolute Gasteiger partial charge is 0.478 e. The lowest BCUT2D eigenvalue weighted by Gasteiger charge is -2.17. The van der Waals surface area contributed by atoms with Gasteiger partial charge in [0.1, 0.15) is 6.61 Å². The third kappa shape index (κ3) is 5.29. The van der Waals surface area contributed by atoms with E-state index in [-0.39, 0.29) is 11.5 Å². The van der Waals surface area contributed by atoms with E-state index >= 15 is 0 Å². The Morgan fingerprint density at radius 1 is 1.12 bits per heavy atom. The smallest absolute Gasteiger partial charge is 0.335 e. The summed E-state index contributed by atoms with van der Waals surface area (Å²) in [6.07, 6.45) is 1.52. The van der Waals surface area contributed by atoms with Crippen LogP contribution in [0, 0.1) is 0 Å². The van der Waals surface area contributed by atoms with Gasteiger partial charge in [0.15, 0.2) is 0 Å². The number of carboxylic acids is 1. The summed E-state index contributed by atoms with van der Waals surface area (Å²) in [5.41, 5.74) is 1.52. The van der Waals surface area contributed by atoms with Crippen molar-refractivity contribution < 1.29 is 24.2 Å². The molecule has 1 amide bonds. The van der Waals surface area contributed by atoms with Crippen molar-refractivity contribution in [3.8, 4) is 5.88 Å². The maximum Gasteiger partial charge on any atom is 0.335 e. The molecule has 0 saturated carbocycles. The average molecular weight is 344 g/mol. The lowest BCUT2D eigenvalue weighted by molar-refractivity contribution is 0.0695.